The molecule has 1 aliphatic heterocycles. The number of hydrogen-bond donors (Lipinski definition) is 1. The fourth-order valence-corrected chi connectivity index (χ4v) is 2.09. The van der Waals surface area contributed by atoms with Crippen molar-refractivity contribution in [1.82, 2.24) is 0 Å². The molecule has 1 aliphatic rings. The Bertz CT molecular complexity index is 364. The molecule has 1 heterocycles. The smallest absolute Gasteiger partial charge is 0.0814 e. The normalized spacial score (nSPS) is 23.8. The van der Waals surface area contributed by atoms with E-state index < -0.39 is 0 Å². The van der Waals surface area contributed by atoms with Gasteiger partial charge in [-0.15, -0.1) is 0 Å². The van der Waals surface area contributed by atoms with Crippen molar-refractivity contribution < 1.29 is 9.47 Å². The lowest BCUT2D eigenvalue weighted by Crippen LogP contribution is -2.22. The Balaban J connectivity index is 1.60. The summed E-state index contributed by atoms with van der Waals surface area (Å²) in [5, 5.41) is 0. The van der Waals surface area contributed by atoms with Crippen molar-refractivity contribution in [3.8, 4) is 0 Å². The van der Waals surface area contributed by atoms with Crippen molar-refractivity contribution in [2.45, 2.75) is 25.0 Å². The largest absolute Gasteiger partial charge is 0.375 e. The Morgan fingerprint density at radius 3 is 2.72 bits per heavy atom. The Morgan fingerprint density at radius 2 is 2.00 bits per heavy atom. The minimum Gasteiger partial charge on any atom is -0.375 e. The van der Waals surface area contributed by atoms with Gasteiger partial charge in [0.25, 0.3) is 0 Å². The van der Waals surface area contributed by atoms with Crippen LogP contribution in [0.15, 0.2) is 36.4 Å². The lowest BCUT2D eigenvalue weighted by molar-refractivity contribution is -0.00543. The van der Waals surface area contributed by atoms with E-state index in [2.05, 4.69) is 18.2 Å². The molecule has 18 heavy (non-hydrogen) atoms. The molecule has 3 heteroatoms. The summed E-state index contributed by atoms with van der Waals surface area (Å²) in [7, 11) is 0. The van der Waals surface area contributed by atoms with Crippen LogP contribution in [0.25, 0.3) is 6.08 Å². The quantitative estimate of drug-likeness (QED) is 0.784. The van der Waals surface area contributed by atoms with Gasteiger partial charge in [-0.25, -0.2) is 0 Å². The van der Waals surface area contributed by atoms with Crippen molar-refractivity contribution in [2.75, 3.05) is 19.8 Å². The fourth-order valence-electron chi connectivity index (χ4n) is 2.09. The third-order valence-corrected chi connectivity index (χ3v) is 3.09. The Hall–Kier alpha value is -1.16. The molecule has 0 saturated carbocycles. The summed E-state index contributed by atoms with van der Waals surface area (Å²) in [5.41, 5.74) is 6.76. The number of hydrogen-bond acceptors (Lipinski definition) is 3. The lowest BCUT2D eigenvalue weighted by atomic mass is 10.2. The summed E-state index contributed by atoms with van der Waals surface area (Å²) in [6, 6.07) is 10.2. The van der Waals surface area contributed by atoms with Crippen molar-refractivity contribution >= 4 is 6.08 Å². The van der Waals surface area contributed by atoms with Crippen molar-refractivity contribution in [3.05, 3.63) is 42.0 Å². The van der Waals surface area contributed by atoms with E-state index in [1.165, 1.54) is 5.56 Å². The highest BCUT2D eigenvalue weighted by atomic mass is 16.5. The minimum absolute atomic E-state index is 0.226. The molecule has 0 spiro atoms. The molecular formula is C15H21NO2. The Kier molecular flexibility index (Phi) is 5.39. The number of benzene rings is 1. The maximum atomic E-state index is 5.70. The molecule has 0 aliphatic carbocycles. The van der Waals surface area contributed by atoms with Gasteiger partial charge in [-0.3, -0.25) is 0 Å². The Labute approximate surface area is 109 Å². The van der Waals surface area contributed by atoms with Gasteiger partial charge in [0.15, 0.2) is 0 Å². The van der Waals surface area contributed by atoms with E-state index in [0.717, 1.165) is 12.8 Å². The predicted molar refractivity (Wildman–Crippen MR) is 73.2 cm³/mol. The highest BCUT2D eigenvalue weighted by molar-refractivity contribution is 5.48. The van der Waals surface area contributed by atoms with Crippen LogP contribution in [0.3, 0.4) is 0 Å². The highest BCUT2D eigenvalue weighted by Gasteiger charge is 2.23. The summed E-state index contributed by atoms with van der Waals surface area (Å²) in [4.78, 5) is 0. The van der Waals surface area contributed by atoms with Crippen molar-refractivity contribution in [3.63, 3.8) is 0 Å². The van der Waals surface area contributed by atoms with Crippen LogP contribution >= 0.6 is 0 Å². The van der Waals surface area contributed by atoms with Gasteiger partial charge >= 0.3 is 0 Å². The molecule has 0 aromatic heterocycles. The van der Waals surface area contributed by atoms with Crippen LogP contribution in [0.2, 0.25) is 0 Å². The van der Waals surface area contributed by atoms with Crippen LogP contribution < -0.4 is 5.73 Å². The van der Waals surface area contributed by atoms with Gasteiger partial charge in [-0.2, -0.15) is 0 Å². The van der Waals surface area contributed by atoms with Crippen molar-refractivity contribution in [1.29, 1.82) is 0 Å². The molecule has 98 valence electrons. The first kappa shape index (κ1) is 13.3. The average molecular weight is 247 g/mol. The van der Waals surface area contributed by atoms with Crippen molar-refractivity contribution in [2.24, 2.45) is 5.73 Å². The van der Waals surface area contributed by atoms with Gasteiger partial charge in [0.05, 0.1) is 25.4 Å². The van der Waals surface area contributed by atoms with Crippen LogP contribution in [0.1, 0.15) is 18.4 Å². The van der Waals surface area contributed by atoms with Gasteiger partial charge < -0.3 is 15.2 Å². The predicted octanol–water partition coefficient (Wildman–Crippen LogP) is 2.22. The van der Waals surface area contributed by atoms with Crippen LogP contribution in [0, 0.1) is 0 Å². The monoisotopic (exact) mass is 247 g/mol. The van der Waals surface area contributed by atoms with E-state index in [1.807, 2.05) is 24.3 Å². The third kappa shape index (κ3) is 4.26. The van der Waals surface area contributed by atoms with E-state index in [9.17, 15) is 0 Å². The summed E-state index contributed by atoms with van der Waals surface area (Å²) in [6.07, 6.45) is 6.68. The van der Waals surface area contributed by atoms with Gasteiger partial charge in [0, 0.05) is 6.54 Å². The summed E-state index contributed by atoms with van der Waals surface area (Å²) in [5.74, 6) is 0. The molecule has 2 unspecified atom stereocenters. The van der Waals surface area contributed by atoms with E-state index in [4.69, 9.17) is 15.2 Å². The van der Waals surface area contributed by atoms with Crippen LogP contribution in [-0.4, -0.2) is 32.0 Å². The standard InChI is InChI=1S/C15H21NO2/c16-11-14-8-9-15(18-14)12-17-10-4-7-13-5-2-1-3-6-13/h1-7,14-15H,8-12,16H2. The topological polar surface area (TPSA) is 44.5 Å². The fraction of sp³-hybridized carbons (Fsp3) is 0.467. The average Bonchev–Trinajstić information content (AvgIpc) is 2.87. The maximum absolute atomic E-state index is 5.70. The highest BCUT2D eigenvalue weighted by Crippen LogP contribution is 2.18. The Morgan fingerprint density at radius 1 is 1.22 bits per heavy atom. The summed E-state index contributed by atoms with van der Waals surface area (Å²) < 4.78 is 11.3. The van der Waals surface area contributed by atoms with E-state index in [1.54, 1.807) is 0 Å². The molecule has 3 nitrogen and oxygen atoms in total. The van der Waals surface area contributed by atoms with E-state index in [-0.39, 0.29) is 12.2 Å². The zero-order valence-electron chi connectivity index (χ0n) is 10.6. The molecule has 1 fully saturated rings. The molecule has 1 aromatic carbocycles. The summed E-state index contributed by atoms with van der Waals surface area (Å²) in [6.45, 7) is 1.90. The van der Waals surface area contributed by atoms with Gasteiger partial charge in [0.2, 0.25) is 0 Å². The third-order valence-electron chi connectivity index (χ3n) is 3.09. The molecule has 2 rings (SSSR count). The lowest BCUT2D eigenvalue weighted by Gasteiger charge is -2.11. The van der Waals surface area contributed by atoms with E-state index in [0.29, 0.717) is 19.8 Å². The minimum atomic E-state index is 0.226. The number of nitrogens with two attached hydrogens (primary N) is 1. The first-order valence-electron chi connectivity index (χ1n) is 6.53. The molecular weight excluding hydrogens is 226 g/mol. The maximum Gasteiger partial charge on any atom is 0.0814 e. The van der Waals surface area contributed by atoms with Crippen LogP contribution in [-0.2, 0) is 9.47 Å². The second-order valence-electron chi connectivity index (χ2n) is 4.54. The molecule has 2 N–H and O–H groups in total. The number of rotatable bonds is 6. The molecule has 0 bridgehead atoms. The molecule has 0 amide bonds. The van der Waals surface area contributed by atoms with Crippen LogP contribution in [0.5, 0.6) is 0 Å². The van der Waals surface area contributed by atoms with E-state index >= 15 is 0 Å². The molecule has 1 saturated heterocycles. The molecule has 0 radical (unpaired) electrons. The van der Waals surface area contributed by atoms with Gasteiger partial charge in [-0.05, 0) is 18.4 Å². The second kappa shape index (κ2) is 7.31. The first-order chi connectivity index (χ1) is 8.88. The molecule has 1 aromatic rings. The first-order valence-corrected chi connectivity index (χ1v) is 6.53. The van der Waals surface area contributed by atoms with Crippen LogP contribution in [0.4, 0.5) is 0 Å². The SMILES string of the molecule is NCC1CCC(COCC=Cc2ccccc2)O1. The zero-order chi connectivity index (χ0) is 12.6. The molecule has 2 atom stereocenters. The van der Waals surface area contributed by atoms with Gasteiger partial charge in [0.1, 0.15) is 0 Å². The summed E-state index contributed by atoms with van der Waals surface area (Å²) >= 11 is 0. The zero-order valence-corrected chi connectivity index (χ0v) is 10.6. The second-order valence-corrected chi connectivity index (χ2v) is 4.54. The van der Waals surface area contributed by atoms with Gasteiger partial charge in [-0.1, -0.05) is 42.5 Å². The number of ether oxygens (including phenoxy) is 2.